The summed E-state index contributed by atoms with van der Waals surface area (Å²) in [5.41, 5.74) is 5.63. The molecule has 1 amide bonds. The van der Waals surface area contributed by atoms with Gasteiger partial charge in [-0.15, -0.1) is 0 Å². The quantitative estimate of drug-likeness (QED) is 0.831. The Bertz CT molecular complexity index is 449. The Morgan fingerprint density at radius 1 is 1.56 bits per heavy atom. The third kappa shape index (κ3) is 3.43. The van der Waals surface area contributed by atoms with Gasteiger partial charge >= 0.3 is 0 Å². The highest BCUT2D eigenvalue weighted by Gasteiger charge is 2.24. The van der Waals surface area contributed by atoms with E-state index in [9.17, 15) is 9.18 Å². The summed E-state index contributed by atoms with van der Waals surface area (Å²) in [5, 5.41) is 3.48. The highest BCUT2D eigenvalue weighted by molar-refractivity contribution is 6.30. The van der Waals surface area contributed by atoms with E-state index in [4.69, 9.17) is 17.3 Å². The molecule has 0 heterocycles. The molecule has 1 aromatic rings. The lowest BCUT2D eigenvalue weighted by atomic mass is 9.97. The molecule has 0 aliphatic heterocycles. The zero-order valence-corrected chi connectivity index (χ0v) is 10.7. The van der Waals surface area contributed by atoms with Gasteiger partial charge in [0.15, 0.2) is 0 Å². The Kier molecular flexibility index (Phi) is 4.19. The van der Waals surface area contributed by atoms with Crippen molar-refractivity contribution in [2.24, 2.45) is 11.7 Å². The molecule has 1 aromatic carbocycles. The van der Waals surface area contributed by atoms with Gasteiger partial charge in [0.1, 0.15) is 5.82 Å². The average molecular weight is 271 g/mol. The molecular weight excluding hydrogens is 255 g/mol. The van der Waals surface area contributed by atoms with Crippen LogP contribution in [0.25, 0.3) is 0 Å². The Morgan fingerprint density at radius 3 is 2.83 bits per heavy atom. The van der Waals surface area contributed by atoms with Gasteiger partial charge in [-0.25, -0.2) is 4.39 Å². The van der Waals surface area contributed by atoms with E-state index in [0.717, 1.165) is 6.54 Å². The van der Waals surface area contributed by atoms with E-state index in [2.05, 4.69) is 5.32 Å². The van der Waals surface area contributed by atoms with Crippen molar-refractivity contribution < 1.29 is 9.18 Å². The van der Waals surface area contributed by atoms with Crippen molar-refractivity contribution >= 4 is 17.5 Å². The minimum absolute atomic E-state index is 0.301. The van der Waals surface area contributed by atoms with Crippen LogP contribution in [0, 0.1) is 11.7 Å². The van der Waals surface area contributed by atoms with Gasteiger partial charge in [-0.1, -0.05) is 17.7 Å². The second-order valence-corrected chi connectivity index (χ2v) is 5.16. The van der Waals surface area contributed by atoms with Gasteiger partial charge in [0.25, 0.3) is 0 Å². The predicted molar refractivity (Wildman–Crippen MR) is 68.9 cm³/mol. The number of nitrogens with one attached hydrogen (secondary N) is 1. The number of nitrogens with two attached hydrogens (primary N) is 1. The predicted octanol–water partition coefficient (Wildman–Crippen LogP) is 2.05. The Morgan fingerprint density at radius 2 is 2.28 bits per heavy atom. The lowest BCUT2D eigenvalue weighted by molar-refractivity contribution is -0.119. The SMILES string of the molecule is NC(=O)[C@H](CNCC1CC1)c1ccc(Cl)cc1F. The van der Waals surface area contributed by atoms with Gasteiger partial charge in [0.2, 0.25) is 5.91 Å². The zero-order chi connectivity index (χ0) is 13.1. The summed E-state index contributed by atoms with van der Waals surface area (Å²) in [6, 6.07) is 4.29. The van der Waals surface area contributed by atoms with E-state index < -0.39 is 17.6 Å². The number of halogens is 2. The Hall–Kier alpha value is -1.13. The molecule has 0 radical (unpaired) electrons. The van der Waals surface area contributed by atoms with Gasteiger partial charge in [0.05, 0.1) is 5.92 Å². The highest BCUT2D eigenvalue weighted by Crippen LogP contribution is 2.28. The van der Waals surface area contributed by atoms with Crippen molar-refractivity contribution in [3.8, 4) is 0 Å². The molecule has 1 saturated carbocycles. The first-order valence-corrected chi connectivity index (χ1v) is 6.40. The van der Waals surface area contributed by atoms with Gasteiger partial charge in [-0.3, -0.25) is 4.79 Å². The minimum Gasteiger partial charge on any atom is -0.369 e. The van der Waals surface area contributed by atoms with Gasteiger partial charge in [-0.2, -0.15) is 0 Å². The largest absolute Gasteiger partial charge is 0.369 e. The highest BCUT2D eigenvalue weighted by atomic mass is 35.5. The summed E-state index contributed by atoms with van der Waals surface area (Å²) in [6.07, 6.45) is 2.45. The number of benzene rings is 1. The van der Waals surface area contributed by atoms with Gasteiger partial charge < -0.3 is 11.1 Å². The molecular formula is C13H16ClFN2O. The number of primary amides is 1. The van der Waals surface area contributed by atoms with Gasteiger partial charge in [0, 0.05) is 17.1 Å². The van der Waals surface area contributed by atoms with Crippen LogP contribution in [0.15, 0.2) is 18.2 Å². The van der Waals surface area contributed by atoms with Crippen LogP contribution in [-0.2, 0) is 4.79 Å². The molecule has 5 heteroatoms. The number of carbonyl (C=O) groups excluding carboxylic acids is 1. The molecule has 1 aliphatic carbocycles. The number of rotatable bonds is 6. The van der Waals surface area contributed by atoms with Crippen molar-refractivity contribution in [2.45, 2.75) is 18.8 Å². The summed E-state index contributed by atoms with van der Waals surface area (Å²) in [7, 11) is 0. The van der Waals surface area contributed by atoms with E-state index in [0.29, 0.717) is 23.0 Å². The molecule has 0 bridgehead atoms. The van der Waals surface area contributed by atoms with Crippen LogP contribution < -0.4 is 11.1 Å². The van der Waals surface area contributed by atoms with Crippen LogP contribution in [-0.4, -0.2) is 19.0 Å². The van der Waals surface area contributed by atoms with Crippen molar-refractivity contribution in [2.75, 3.05) is 13.1 Å². The van der Waals surface area contributed by atoms with E-state index in [1.54, 1.807) is 6.07 Å². The van der Waals surface area contributed by atoms with Crippen LogP contribution in [0.2, 0.25) is 5.02 Å². The number of hydrogen-bond acceptors (Lipinski definition) is 2. The maximum atomic E-state index is 13.7. The smallest absolute Gasteiger partial charge is 0.226 e. The van der Waals surface area contributed by atoms with Crippen LogP contribution in [0.3, 0.4) is 0 Å². The molecule has 1 atom stereocenters. The number of hydrogen-bond donors (Lipinski definition) is 2. The fourth-order valence-electron chi connectivity index (χ4n) is 1.90. The average Bonchev–Trinajstić information content (AvgIpc) is 3.09. The summed E-state index contributed by atoms with van der Waals surface area (Å²) in [6.45, 7) is 1.23. The monoisotopic (exact) mass is 270 g/mol. The number of carbonyl (C=O) groups is 1. The molecule has 1 aliphatic rings. The molecule has 0 spiro atoms. The van der Waals surface area contributed by atoms with Crippen molar-refractivity contribution in [1.29, 1.82) is 0 Å². The minimum atomic E-state index is -0.652. The second-order valence-electron chi connectivity index (χ2n) is 4.72. The summed E-state index contributed by atoms with van der Waals surface area (Å²) < 4.78 is 13.7. The van der Waals surface area contributed by atoms with Crippen LogP contribution in [0.1, 0.15) is 24.3 Å². The first-order chi connectivity index (χ1) is 8.58. The molecule has 3 N–H and O–H groups in total. The third-order valence-corrected chi connectivity index (χ3v) is 3.39. The van der Waals surface area contributed by atoms with Crippen molar-refractivity contribution in [1.82, 2.24) is 5.32 Å². The fraction of sp³-hybridized carbons (Fsp3) is 0.462. The molecule has 0 aromatic heterocycles. The molecule has 3 nitrogen and oxygen atoms in total. The number of amides is 1. The van der Waals surface area contributed by atoms with E-state index in [1.807, 2.05) is 0 Å². The van der Waals surface area contributed by atoms with Crippen molar-refractivity contribution in [3.05, 3.63) is 34.6 Å². The van der Waals surface area contributed by atoms with E-state index in [-0.39, 0.29) is 0 Å². The van der Waals surface area contributed by atoms with Crippen LogP contribution >= 0.6 is 11.6 Å². The third-order valence-electron chi connectivity index (χ3n) is 3.16. The standard InChI is InChI=1S/C13H16ClFN2O/c14-9-3-4-10(12(15)5-9)11(13(16)18)7-17-6-8-1-2-8/h3-5,8,11,17H,1-2,6-7H2,(H2,16,18)/t11-/m1/s1. The van der Waals surface area contributed by atoms with E-state index in [1.165, 1.54) is 25.0 Å². The maximum Gasteiger partial charge on any atom is 0.226 e. The fourth-order valence-corrected chi connectivity index (χ4v) is 2.06. The van der Waals surface area contributed by atoms with Gasteiger partial charge in [-0.05, 0) is 37.4 Å². The topological polar surface area (TPSA) is 55.1 Å². The summed E-state index contributed by atoms with van der Waals surface area (Å²) in [4.78, 5) is 11.4. The first kappa shape index (κ1) is 13.3. The zero-order valence-electron chi connectivity index (χ0n) is 9.96. The lowest BCUT2D eigenvalue weighted by Crippen LogP contribution is -2.32. The molecule has 0 unspecified atom stereocenters. The Balaban J connectivity index is 2.04. The molecule has 0 saturated heterocycles. The van der Waals surface area contributed by atoms with Crippen molar-refractivity contribution in [3.63, 3.8) is 0 Å². The second kappa shape index (κ2) is 5.67. The summed E-state index contributed by atoms with van der Waals surface area (Å²) in [5.74, 6) is -0.964. The molecule has 2 rings (SSSR count). The molecule has 18 heavy (non-hydrogen) atoms. The lowest BCUT2D eigenvalue weighted by Gasteiger charge is -2.15. The first-order valence-electron chi connectivity index (χ1n) is 6.03. The normalized spacial score (nSPS) is 16.6. The Labute approximate surface area is 111 Å². The summed E-state index contributed by atoms with van der Waals surface area (Å²) >= 11 is 5.68. The molecule has 98 valence electrons. The molecule has 1 fully saturated rings. The maximum absolute atomic E-state index is 13.7. The van der Waals surface area contributed by atoms with E-state index >= 15 is 0 Å². The van der Waals surface area contributed by atoms with Crippen LogP contribution in [0.5, 0.6) is 0 Å². The van der Waals surface area contributed by atoms with Crippen LogP contribution in [0.4, 0.5) is 4.39 Å².